The third-order valence-electron chi connectivity index (χ3n) is 5.55. The van der Waals surface area contributed by atoms with Crippen LogP contribution in [0.5, 0.6) is 5.75 Å². The fraction of sp³-hybridized carbons (Fsp3) is 0.308. The van der Waals surface area contributed by atoms with Gasteiger partial charge in [-0.1, -0.05) is 23.7 Å². The zero-order chi connectivity index (χ0) is 24.1. The van der Waals surface area contributed by atoms with Crippen molar-refractivity contribution in [3.05, 3.63) is 81.7 Å². The second-order valence-corrected chi connectivity index (χ2v) is 7.89. The van der Waals surface area contributed by atoms with Crippen molar-refractivity contribution in [2.75, 3.05) is 25.2 Å². The Labute approximate surface area is 199 Å². The Bertz CT molecular complexity index is 1040. The topological polar surface area (TPSA) is 65.1 Å². The summed E-state index contributed by atoms with van der Waals surface area (Å²) in [5.41, 5.74) is 3.63. The first kappa shape index (κ1) is 24.4. The molecule has 0 aliphatic carbocycles. The first-order valence-electron chi connectivity index (χ1n) is 10.8. The van der Waals surface area contributed by atoms with E-state index in [4.69, 9.17) is 25.8 Å². The number of nitrogens with zero attached hydrogens (tertiary/aromatic N) is 1. The van der Waals surface area contributed by atoms with Crippen LogP contribution in [-0.4, -0.2) is 32.3 Å². The summed E-state index contributed by atoms with van der Waals surface area (Å²) >= 11 is 6.11. The number of hydrogen-bond acceptors (Lipinski definition) is 6. The van der Waals surface area contributed by atoms with Crippen molar-refractivity contribution >= 4 is 29.2 Å². The van der Waals surface area contributed by atoms with Crippen LogP contribution in [0.25, 0.3) is 0 Å². The van der Waals surface area contributed by atoms with Crippen molar-refractivity contribution in [1.29, 1.82) is 0 Å². The molecule has 0 radical (unpaired) electrons. The smallest absolute Gasteiger partial charge is 0.336 e. The number of hydrogen-bond donors (Lipinski definition) is 0. The third kappa shape index (κ3) is 4.91. The number of anilines is 1. The molecule has 6 nitrogen and oxygen atoms in total. The van der Waals surface area contributed by atoms with Crippen LogP contribution >= 0.6 is 11.6 Å². The van der Waals surface area contributed by atoms with Gasteiger partial charge in [-0.25, -0.2) is 9.59 Å². The largest absolute Gasteiger partial charge is 0.497 e. The van der Waals surface area contributed by atoms with Crippen molar-refractivity contribution in [3.63, 3.8) is 0 Å². The van der Waals surface area contributed by atoms with Crippen LogP contribution in [0.15, 0.2) is 71.1 Å². The van der Waals surface area contributed by atoms with Gasteiger partial charge >= 0.3 is 11.9 Å². The van der Waals surface area contributed by atoms with E-state index in [-0.39, 0.29) is 13.2 Å². The van der Waals surface area contributed by atoms with Gasteiger partial charge in [0, 0.05) is 22.1 Å². The molecule has 174 valence electrons. The number of benzene rings is 2. The molecule has 3 rings (SSSR count). The van der Waals surface area contributed by atoms with Crippen molar-refractivity contribution in [2.24, 2.45) is 0 Å². The molecule has 0 bridgehead atoms. The minimum atomic E-state index is -0.658. The molecule has 0 saturated heterocycles. The highest BCUT2D eigenvalue weighted by Gasteiger charge is 2.41. The van der Waals surface area contributed by atoms with E-state index in [1.165, 1.54) is 0 Å². The monoisotopic (exact) mass is 469 g/mol. The quantitative estimate of drug-likeness (QED) is 0.490. The fourth-order valence-electron chi connectivity index (χ4n) is 4.11. The predicted molar refractivity (Wildman–Crippen MR) is 128 cm³/mol. The Hall–Kier alpha value is -3.25. The molecule has 0 amide bonds. The first-order chi connectivity index (χ1) is 15.8. The SMILES string of the molecule is CCOC(=O)C1=C(C)N(c2ccc(OC)cc2)C(C)=C(C(=O)OCC)C1c1ccc(Cl)cc1. The number of methoxy groups -OCH3 is 1. The van der Waals surface area contributed by atoms with Crippen LogP contribution in [0.4, 0.5) is 5.69 Å². The van der Waals surface area contributed by atoms with Crippen LogP contribution in [0.1, 0.15) is 39.2 Å². The number of ether oxygens (including phenoxy) is 3. The molecule has 0 unspecified atom stereocenters. The molecule has 1 heterocycles. The van der Waals surface area contributed by atoms with Gasteiger partial charge < -0.3 is 19.1 Å². The second-order valence-electron chi connectivity index (χ2n) is 7.46. The number of rotatable bonds is 7. The summed E-state index contributed by atoms with van der Waals surface area (Å²) in [4.78, 5) is 28.4. The van der Waals surface area contributed by atoms with Crippen molar-refractivity contribution < 1.29 is 23.8 Å². The minimum absolute atomic E-state index is 0.211. The summed E-state index contributed by atoms with van der Waals surface area (Å²) in [5.74, 6) is -0.922. The Morgan fingerprint density at radius 2 is 1.33 bits per heavy atom. The lowest BCUT2D eigenvalue weighted by molar-refractivity contribution is -0.139. The lowest BCUT2D eigenvalue weighted by Gasteiger charge is -2.38. The summed E-state index contributed by atoms with van der Waals surface area (Å²) in [6.07, 6.45) is 0. The van der Waals surface area contributed by atoms with E-state index in [0.29, 0.717) is 33.3 Å². The van der Waals surface area contributed by atoms with Crippen LogP contribution in [0.3, 0.4) is 0 Å². The fourth-order valence-corrected chi connectivity index (χ4v) is 4.24. The summed E-state index contributed by atoms with van der Waals surface area (Å²) in [6.45, 7) is 7.63. The molecule has 0 spiro atoms. The van der Waals surface area contributed by atoms with Crippen LogP contribution in [0, 0.1) is 0 Å². The van der Waals surface area contributed by atoms with Gasteiger partial charge in [-0.2, -0.15) is 0 Å². The number of carbonyl (C=O) groups excluding carboxylic acids is 2. The van der Waals surface area contributed by atoms with Gasteiger partial charge in [-0.3, -0.25) is 0 Å². The van der Waals surface area contributed by atoms with Gasteiger partial charge in [0.05, 0.1) is 37.4 Å². The molecular formula is C26H28ClNO5. The van der Waals surface area contributed by atoms with E-state index < -0.39 is 17.9 Å². The Balaban J connectivity index is 2.29. The normalized spacial score (nSPS) is 14.4. The molecule has 0 saturated carbocycles. The Morgan fingerprint density at radius 1 is 0.848 bits per heavy atom. The third-order valence-corrected chi connectivity index (χ3v) is 5.80. The Kier molecular flexibility index (Phi) is 7.82. The van der Waals surface area contributed by atoms with Gasteiger partial charge in [0.1, 0.15) is 5.75 Å². The molecule has 1 aliphatic heterocycles. The zero-order valence-corrected chi connectivity index (χ0v) is 20.2. The van der Waals surface area contributed by atoms with E-state index in [0.717, 1.165) is 11.3 Å². The highest BCUT2D eigenvalue weighted by atomic mass is 35.5. The average molecular weight is 470 g/mol. The highest BCUT2D eigenvalue weighted by molar-refractivity contribution is 6.30. The van der Waals surface area contributed by atoms with Crippen molar-refractivity contribution in [2.45, 2.75) is 33.6 Å². The molecule has 0 atom stereocenters. The van der Waals surface area contributed by atoms with E-state index in [2.05, 4.69) is 0 Å². The summed E-state index contributed by atoms with van der Waals surface area (Å²) < 4.78 is 16.1. The molecular weight excluding hydrogens is 442 g/mol. The number of allylic oxidation sites excluding steroid dienone is 2. The predicted octanol–water partition coefficient (Wildman–Crippen LogP) is 5.63. The maximum Gasteiger partial charge on any atom is 0.336 e. The van der Waals surface area contributed by atoms with Gasteiger partial charge in [-0.05, 0) is 69.7 Å². The molecule has 1 aliphatic rings. The second kappa shape index (κ2) is 10.6. The van der Waals surface area contributed by atoms with Crippen LogP contribution in [0.2, 0.25) is 5.02 Å². The molecule has 0 aromatic heterocycles. The molecule has 2 aromatic carbocycles. The highest BCUT2D eigenvalue weighted by Crippen LogP contribution is 2.45. The molecule has 0 N–H and O–H groups in total. The van der Waals surface area contributed by atoms with E-state index >= 15 is 0 Å². The standard InChI is InChI=1S/C26H28ClNO5/c1-6-32-25(29)22-16(3)28(20-12-14-21(31-5)15-13-20)17(4)23(26(30)33-7-2)24(22)18-8-10-19(27)11-9-18/h8-15,24H,6-7H2,1-5H3. The molecule has 33 heavy (non-hydrogen) atoms. The summed E-state index contributed by atoms with van der Waals surface area (Å²) in [6, 6.07) is 14.5. The summed E-state index contributed by atoms with van der Waals surface area (Å²) in [5, 5.41) is 0.561. The van der Waals surface area contributed by atoms with Gasteiger partial charge in [0.25, 0.3) is 0 Å². The maximum absolute atomic E-state index is 13.2. The van der Waals surface area contributed by atoms with Gasteiger partial charge in [-0.15, -0.1) is 0 Å². The number of halogens is 1. The number of carbonyl (C=O) groups is 2. The molecule has 0 fully saturated rings. The Morgan fingerprint density at radius 3 is 1.76 bits per heavy atom. The van der Waals surface area contributed by atoms with Crippen molar-refractivity contribution in [3.8, 4) is 5.75 Å². The maximum atomic E-state index is 13.2. The minimum Gasteiger partial charge on any atom is -0.497 e. The summed E-state index contributed by atoms with van der Waals surface area (Å²) in [7, 11) is 1.60. The van der Waals surface area contributed by atoms with E-state index in [1.807, 2.05) is 55.1 Å². The zero-order valence-electron chi connectivity index (χ0n) is 19.5. The van der Waals surface area contributed by atoms with E-state index in [9.17, 15) is 9.59 Å². The average Bonchev–Trinajstić information content (AvgIpc) is 2.80. The molecule has 7 heteroatoms. The van der Waals surface area contributed by atoms with E-state index in [1.54, 1.807) is 33.1 Å². The van der Waals surface area contributed by atoms with Crippen LogP contribution < -0.4 is 9.64 Å². The first-order valence-corrected chi connectivity index (χ1v) is 11.2. The lowest BCUT2D eigenvalue weighted by Crippen LogP contribution is -2.35. The van der Waals surface area contributed by atoms with Crippen LogP contribution in [-0.2, 0) is 19.1 Å². The van der Waals surface area contributed by atoms with Gasteiger partial charge in [0.2, 0.25) is 0 Å². The lowest BCUT2D eigenvalue weighted by atomic mass is 9.79. The van der Waals surface area contributed by atoms with Crippen molar-refractivity contribution in [1.82, 2.24) is 0 Å². The number of esters is 2. The van der Waals surface area contributed by atoms with Gasteiger partial charge in [0.15, 0.2) is 0 Å². The molecule has 2 aromatic rings.